The first-order chi connectivity index (χ1) is 11.0. The Kier molecular flexibility index (Phi) is 5.56. The number of amides is 1. The van der Waals surface area contributed by atoms with Crippen LogP contribution >= 0.6 is 0 Å². The van der Waals surface area contributed by atoms with E-state index >= 15 is 0 Å². The van der Waals surface area contributed by atoms with E-state index in [2.05, 4.69) is 5.43 Å². The van der Waals surface area contributed by atoms with E-state index in [-0.39, 0.29) is 11.5 Å². The topological polar surface area (TPSA) is 93.7 Å². The van der Waals surface area contributed by atoms with Gasteiger partial charge in [0.2, 0.25) is 0 Å². The summed E-state index contributed by atoms with van der Waals surface area (Å²) >= 11 is 0. The number of nitrogens with one attached hydrogen (secondary N) is 2. The molecule has 0 atom stereocenters. The number of hydrogen-bond acceptors (Lipinski definition) is 5. The molecular formula is C15H16N2O5S. The molecular weight excluding hydrogens is 320 g/mol. The van der Waals surface area contributed by atoms with Gasteiger partial charge < -0.3 is 9.47 Å². The van der Waals surface area contributed by atoms with E-state index in [1.165, 1.54) is 12.1 Å². The molecule has 2 rings (SSSR count). The maximum absolute atomic E-state index is 11.9. The molecule has 2 aromatic carbocycles. The molecule has 0 aliphatic heterocycles. The number of carbonyl (C=O) groups excluding carboxylic acids is 1. The van der Waals surface area contributed by atoms with Gasteiger partial charge in [-0.25, -0.2) is 8.42 Å². The Morgan fingerprint density at radius 3 is 2.22 bits per heavy atom. The predicted molar refractivity (Wildman–Crippen MR) is 83.4 cm³/mol. The summed E-state index contributed by atoms with van der Waals surface area (Å²) in [4.78, 5) is 13.7. The fraction of sp³-hybridized carbons (Fsp3) is 0.133. The minimum absolute atomic E-state index is 0.0522. The van der Waals surface area contributed by atoms with Crippen LogP contribution in [0.1, 0.15) is 0 Å². The molecule has 8 heteroatoms. The van der Waals surface area contributed by atoms with E-state index < -0.39 is 15.9 Å². The molecule has 2 aromatic rings. The highest BCUT2D eigenvalue weighted by molar-refractivity contribution is 7.89. The summed E-state index contributed by atoms with van der Waals surface area (Å²) in [5.41, 5.74) is 2.09. The van der Waals surface area contributed by atoms with Crippen LogP contribution in [-0.2, 0) is 14.8 Å². The molecule has 0 spiro atoms. The Bertz CT molecular complexity index is 745. The summed E-state index contributed by atoms with van der Waals surface area (Å²) in [6.07, 6.45) is 0. The molecule has 0 saturated heterocycles. The second-order valence-corrected chi connectivity index (χ2v) is 6.11. The highest BCUT2D eigenvalue weighted by atomic mass is 32.2. The van der Waals surface area contributed by atoms with Crippen molar-refractivity contribution >= 4 is 15.9 Å². The third kappa shape index (κ3) is 4.97. The van der Waals surface area contributed by atoms with Crippen molar-refractivity contribution in [3.8, 4) is 11.5 Å². The van der Waals surface area contributed by atoms with Gasteiger partial charge in [0.25, 0.3) is 15.9 Å². The average molecular weight is 336 g/mol. The minimum atomic E-state index is -3.80. The molecule has 23 heavy (non-hydrogen) atoms. The smallest absolute Gasteiger partial charge is 0.272 e. The number of hydrazine groups is 1. The van der Waals surface area contributed by atoms with E-state index in [0.717, 1.165) is 0 Å². The Labute approximate surface area is 134 Å². The van der Waals surface area contributed by atoms with Crippen LogP contribution in [-0.4, -0.2) is 28.0 Å². The lowest BCUT2D eigenvalue weighted by Crippen LogP contribution is -2.43. The molecule has 0 bridgehead atoms. The van der Waals surface area contributed by atoms with Gasteiger partial charge in [0, 0.05) is 0 Å². The number of benzene rings is 2. The number of hydrogen-bond donors (Lipinski definition) is 2. The Balaban J connectivity index is 1.83. The van der Waals surface area contributed by atoms with Crippen LogP contribution in [0, 0.1) is 0 Å². The van der Waals surface area contributed by atoms with Crippen molar-refractivity contribution in [2.24, 2.45) is 0 Å². The number of carbonyl (C=O) groups is 1. The lowest BCUT2D eigenvalue weighted by Gasteiger charge is -2.09. The second kappa shape index (κ2) is 7.61. The Hall–Kier alpha value is -2.58. The second-order valence-electron chi connectivity index (χ2n) is 4.43. The third-order valence-electron chi connectivity index (χ3n) is 2.81. The molecule has 0 fully saturated rings. The highest BCUT2D eigenvalue weighted by Crippen LogP contribution is 2.16. The summed E-state index contributed by atoms with van der Waals surface area (Å²) in [5, 5.41) is 0. The van der Waals surface area contributed by atoms with Crippen LogP contribution in [0.3, 0.4) is 0 Å². The SMILES string of the molecule is COc1ccc(OCC(=O)NNS(=O)(=O)c2ccccc2)cc1. The van der Waals surface area contributed by atoms with Crippen molar-refractivity contribution in [1.29, 1.82) is 0 Å². The van der Waals surface area contributed by atoms with E-state index in [0.29, 0.717) is 11.5 Å². The largest absolute Gasteiger partial charge is 0.497 e. The fourth-order valence-corrected chi connectivity index (χ4v) is 2.52. The van der Waals surface area contributed by atoms with Gasteiger partial charge >= 0.3 is 0 Å². The van der Waals surface area contributed by atoms with Gasteiger partial charge in [-0.05, 0) is 36.4 Å². The van der Waals surface area contributed by atoms with E-state index in [4.69, 9.17) is 9.47 Å². The van der Waals surface area contributed by atoms with Gasteiger partial charge in [-0.2, -0.15) is 0 Å². The van der Waals surface area contributed by atoms with Gasteiger partial charge in [-0.15, -0.1) is 4.83 Å². The zero-order valence-corrected chi connectivity index (χ0v) is 13.2. The molecule has 0 aliphatic carbocycles. The molecule has 0 radical (unpaired) electrons. The molecule has 0 aromatic heterocycles. The monoisotopic (exact) mass is 336 g/mol. The number of ether oxygens (including phenoxy) is 2. The van der Waals surface area contributed by atoms with Gasteiger partial charge in [0.15, 0.2) is 6.61 Å². The quantitative estimate of drug-likeness (QED) is 0.738. The molecule has 122 valence electrons. The van der Waals surface area contributed by atoms with Gasteiger partial charge in [0.05, 0.1) is 12.0 Å². The third-order valence-corrected chi connectivity index (χ3v) is 4.07. The normalized spacial score (nSPS) is 10.8. The Morgan fingerprint density at radius 2 is 1.61 bits per heavy atom. The average Bonchev–Trinajstić information content (AvgIpc) is 2.59. The predicted octanol–water partition coefficient (Wildman–Crippen LogP) is 1.08. The van der Waals surface area contributed by atoms with Crippen molar-refractivity contribution in [2.45, 2.75) is 4.90 Å². The van der Waals surface area contributed by atoms with Crippen LogP contribution in [0.25, 0.3) is 0 Å². The summed E-state index contributed by atoms with van der Waals surface area (Å²) in [7, 11) is -2.26. The molecule has 0 heterocycles. The van der Waals surface area contributed by atoms with Crippen molar-refractivity contribution in [1.82, 2.24) is 10.3 Å². The van der Waals surface area contributed by atoms with Crippen LogP contribution in [0.2, 0.25) is 0 Å². The minimum Gasteiger partial charge on any atom is -0.497 e. The maximum atomic E-state index is 11.9. The van der Waals surface area contributed by atoms with E-state index in [9.17, 15) is 13.2 Å². The molecule has 1 amide bonds. The fourth-order valence-electron chi connectivity index (χ4n) is 1.64. The zero-order valence-electron chi connectivity index (χ0n) is 12.4. The standard InChI is InChI=1S/C15H16N2O5S/c1-21-12-7-9-13(10-8-12)22-11-15(18)16-17-23(19,20)14-5-3-2-4-6-14/h2-10,17H,11H2,1H3,(H,16,18). The molecule has 0 aliphatic rings. The van der Waals surface area contributed by atoms with Crippen LogP contribution in [0.4, 0.5) is 0 Å². The lowest BCUT2D eigenvalue weighted by molar-refractivity contribution is -0.123. The first-order valence-electron chi connectivity index (χ1n) is 6.64. The molecule has 0 saturated carbocycles. The molecule has 7 nitrogen and oxygen atoms in total. The number of methoxy groups -OCH3 is 1. The van der Waals surface area contributed by atoms with Gasteiger partial charge in [-0.1, -0.05) is 18.2 Å². The summed E-state index contributed by atoms with van der Waals surface area (Å²) in [6.45, 7) is -0.330. The lowest BCUT2D eigenvalue weighted by atomic mass is 10.3. The maximum Gasteiger partial charge on any atom is 0.272 e. The van der Waals surface area contributed by atoms with Crippen molar-refractivity contribution in [2.75, 3.05) is 13.7 Å². The van der Waals surface area contributed by atoms with Crippen LogP contribution in [0.5, 0.6) is 11.5 Å². The molecule has 2 N–H and O–H groups in total. The zero-order chi connectivity index (χ0) is 16.7. The summed E-state index contributed by atoms with van der Waals surface area (Å²) < 4.78 is 34.0. The van der Waals surface area contributed by atoms with Crippen molar-refractivity contribution in [3.05, 3.63) is 54.6 Å². The first kappa shape index (κ1) is 16.8. The molecule has 0 unspecified atom stereocenters. The summed E-state index contributed by atoms with van der Waals surface area (Å²) in [5.74, 6) is 0.504. The van der Waals surface area contributed by atoms with Crippen LogP contribution in [0.15, 0.2) is 59.5 Å². The van der Waals surface area contributed by atoms with E-state index in [1.54, 1.807) is 49.6 Å². The van der Waals surface area contributed by atoms with Crippen LogP contribution < -0.4 is 19.7 Å². The first-order valence-corrected chi connectivity index (χ1v) is 8.12. The Morgan fingerprint density at radius 1 is 1.00 bits per heavy atom. The summed E-state index contributed by atoms with van der Waals surface area (Å²) in [6, 6.07) is 14.4. The number of sulfonamides is 1. The van der Waals surface area contributed by atoms with Gasteiger partial charge in [0.1, 0.15) is 11.5 Å². The number of rotatable bonds is 7. The van der Waals surface area contributed by atoms with Gasteiger partial charge in [-0.3, -0.25) is 10.2 Å². The van der Waals surface area contributed by atoms with E-state index in [1.807, 2.05) is 4.83 Å². The highest BCUT2D eigenvalue weighted by Gasteiger charge is 2.14. The van der Waals surface area contributed by atoms with Crippen molar-refractivity contribution in [3.63, 3.8) is 0 Å². The van der Waals surface area contributed by atoms with Crippen molar-refractivity contribution < 1.29 is 22.7 Å².